The Bertz CT molecular complexity index is 612. The number of nitrogens with zero attached hydrogens (tertiary/aromatic N) is 1. The van der Waals surface area contributed by atoms with Crippen molar-refractivity contribution < 1.29 is 13.6 Å². The van der Waals surface area contributed by atoms with Gasteiger partial charge in [0.1, 0.15) is 11.6 Å². The minimum atomic E-state index is -0.274. The molecule has 0 fully saturated rings. The Labute approximate surface area is 146 Å². The Morgan fingerprint density at radius 2 is 1.96 bits per heavy atom. The molecule has 1 N–H and O–H groups in total. The van der Waals surface area contributed by atoms with E-state index in [1.165, 1.54) is 23.9 Å². The molecule has 0 spiro atoms. The van der Waals surface area contributed by atoms with Gasteiger partial charge in [-0.3, -0.25) is 9.69 Å². The third-order valence-corrected chi connectivity index (χ3v) is 4.81. The fourth-order valence-electron chi connectivity index (χ4n) is 2.50. The Morgan fingerprint density at radius 1 is 1.25 bits per heavy atom. The average molecular weight is 350 g/mol. The molecular weight excluding hydrogens is 327 g/mol. The average Bonchev–Trinajstić information content (AvgIpc) is 3.12. The van der Waals surface area contributed by atoms with Crippen molar-refractivity contribution in [2.45, 2.75) is 24.8 Å². The SMILES string of the molecule is CCN(CC)C(CNC(=O)CSc1ccc(F)cc1)c1ccco1. The van der Waals surface area contributed by atoms with E-state index in [1.54, 1.807) is 18.4 Å². The smallest absolute Gasteiger partial charge is 0.230 e. The Kier molecular flexibility index (Phi) is 7.34. The van der Waals surface area contributed by atoms with Gasteiger partial charge >= 0.3 is 0 Å². The Balaban J connectivity index is 1.86. The lowest BCUT2D eigenvalue weighted by Gasteiger charge is -2.28. The number of benzene rings is 1. The highest BCUT2D eigenvalue weighted by Gasteiger charge is 2.21. The summed E-state index contributed by atoms with van der Waals surface area (Å²) < 4.78 is 18.4. The first-order chi connectivity index (χ1) is 11.6. The molecule has 24 heavy (non-hydrogen) atoms. The molecule has 1 unspecified atom stereocenters. The number of carbonyl (C=O) groups excluding carboxylic acids is 1. The number of carbonyl (C=O) groups is 1. The van der Waals surface area contributed by atoms with Crippen LogP contribution in [0.2, 0.25) is 0 Å². The lowest BCUT2D eigenvalue weighted by Crippen LogP contribution is -2.38. The number of hydrogen-bond donors (Lipinski definition) is 1. The predicted molar refractivity (Wildman–Crippen MR) is 94.5 cm³/mol. The summed E-state index contributed by atoms with van der Waals surface area (Å²) in [5.41, 5.74) is 0. The normalized spacial score (nSPS) is 12.3. The maximum Gasteiger partial charge on any atom is 0.230 e. The molecule has 1 aromatic carbocycles. The third-order valence-electron chi connectivity index (χ3n) is 3.80. The molecule has 2 rings (SSSR count). The van der Waals surface area contributed by atoms with E-state index in [1.807, 2.05) is 12.1 Å². The van der Waals surface area contributed by atoms with E-state index >= 15 is 0 Å². The van der Waals surface area contributed by atoms with Gasteiger partial charge in [-0.2, -0.15) is 0 Å². The zero-order valence-corrected chi connectivity index (χ0v) is 14.8. The lowest BCUT2D eigenvalue weighted by molar-refractivity contribution is -0.118. The Morgan fingerprint density at radius 3 is 2.54 bits per heavy atom. The van der Waals surface area contributed by atoms with Gasteiger partial charge in [0.15, 0.2) is 0 Å². The van der Waals surface area contributed by atoms with Crippen LogP contribution < -0.4 is 5.32 Å². The number of rotatable bonds is 9. The number of hydrogen-bond acceptors (Lipinski definition) is 4. The summed E-state index contributed by atoms with van der Waals surface area (Å²) in [4.78, 5) is 15.2. The van der Waals surface area contributed by atoms with Crippen molar-refractivity contribution in [2.75, 3.05) is 25.4 Å². The quantitative estimate of drug-likeness (QED) is 0.700. The van der Waals surface area contributed by atoms with Crippen LogP contribution in [0.1, 0.15) is 25.6 Å². The summed E-state index contributed by atoms with van der Waals surface area (Å²) in [5, 5.41) is 2.97. The van der Waals surface area contributed by atoms with E-state index in [0.717, 1.165) is 23.7 Å². The minimum absolute atomic E-state index is 0.0229. The number of furan rings is 1. The van der Waals surface area contributed by atoms with Gasteiger partial charge in [-0.15, -0.1) is 11.8 Å². The van der Waals surface area contributed by atoms with Crippen LogP contribution >= 0.6 is 11.8 Å². The molecular formula is C18H23FN2O2S. The summed E-state index contributed by atoms with van der Waals surface area (Å²) in [6.07, 6.45) is 1.65. The van der Waals surface area contributed by atoms with Gasteiger partial charge in [-0.05, 0) is 49.5 Å². The highest BCUT2D eigenvalue weighted by molar-refractivity contribution is 8.00. The van der Waals surface area contributed by atoms with Crippen LogP contribution in [-0.2, 0) is 4.79 Å². The van der Waals surface area contributed by atoms with E-state index in [-0.39, 0.29) is 17.8 Å². The van der Waals surface area contributed by atoms with Gasteiger partial charge in [0, 0.05) is 11.4 Å². The molecule has 1 heterocycles. The molecule has 0 bridgehead atoms. The van der Waals surface area contributed by atoms with Gasteiger partial charge in [0.2, 0.25) is 5.91 Å². The zero-order valence-electron chi connectivity index (χ0n) is 14.0. The lowest BCUT2D eigenvalue weighted by atomic mass is 10.2. The fraction of sp³-hybridized carbons (Fsp3) is 0.389. The summed E-state index contributed by atoms with van der Waals surface area (Å²) in [6, 6.07) is 9.96. The van der Waals surface area contributed by atoms with Crippen molar-refractivity contribution in [3.8, 4) is 0 Å². The fourth-order valence-corrected chi connectivity index (χ4v) is 3.22. The van der Waals surface area contributed by atoms with Crippen molar-refractivity contribution in [2.24, 2.45) is 0 Å². The molecule has 0 aliphatic carbocycles. The Hall–Kier alpha value is -1.79. The third kappa shape index (κ3) is 5.39. The van der Waals surface area contributed by atoms with E-state index in [9.17, 15) is 9.18 Å². The van der Waals surface area contributed by atoms with Crippen molar-refractivity contribution >= 4 is 17.7 Å². The molecule has 0 saturated heterocycles. The number of likely N-dealkylation sites (N-methyl/N-ethyl adjacent to an activating group) is 1. The van der Waals surface area contributed by atoms with E-state index in [2.05, 4.69) is 24.1 Å². The number of thioether (sulfide) groups is 1. The second kappa shape index (κ2) is 9.49. The van der Waals surface area contributed by atoms with Crippen LogP contribution in [0.3, 0.4) is 0 Å². The molecule has 130 valence electrons. The maximum atomic E-state index is 12.9. The van der Waals surface area contributed by atoms with Crippen LogP contribution in [-0.4, -0.2) is 36.2 Å². The summed E-state index contributed by atoms with van der Waals surface area (Å²) >= 11 is 1.39. The molecule has 0 aliphatic heterocycles. The molecule has 2 aromatic rings. The van der Waals surface area contributed by atoms with Crippen molar-refractivity contribution in [3.05, 3.63) is 54.2 Å². The zero-order chi connectivity index (χ0) is 17.4. The molecule has 1 aromatic heterocycles. The molecule has 0 saturated carbocycles. The largest absolute Gasteiger partial charge is 0.468 e. The monoisotopic (exact) mass is 350 g/mol. The molecule has 0 radical (unpaired) electrons. The summed E-state index contributed by atoms with van der Waals surface area (Å²) in [5.74, 6) is 0.830. The van der Waals surface area contributed by atoms with Crippen LogP contribution in [0.4, 0.5) is 4.39 Å². The van der Waals surface area contributed by atoms with E-state index in [0.29, 0.717) is 12.3 Å². The second-order valence-corrected chi connectivity index (χ2v) is 6.35. The van der Waals surface area contributed by atoms with Crippen molar-refractivity contribution in [3.63, 3.8) is 0 Å². The van der Waals surface area contributed by atoms with Crippen LogP contribution in [0.25, 0.3) is 0 Å². The molecule has 1 atom stereocenters. The van der Waals surface area contributed by atoms with Crippen LogP contribution in [0.5, 0.6) is 0 Å². The first-order valence-corrected chi connectivity index (χ1v) is 9.05. The molecule has 1 amide bonds. The van der Waals surface area contributed by atoms with Gasteiger partial charge in [-0.1, -0.05) is 13.8 Å². The van der Waals surface area contributed by atoms with Crippen LogP contribution in [0.15, 0.2) is 52.0 Å². The standard InChI is InChI=1S/C18H23FN2O2S/c1-3-21(4-2)16(17-6-5-11-23-17)12-20-18(22)13-24-15-9-7-14(19)8-10-15/h5-11,16H,3-4,12-13H2,1-2H3,(H,20,22). The molecule has 0 aliphatic rings. The number of amides is 1. The van der Waals surface area contributed by atoms with Gasteiger partial charge in [0.05, 0.1) is 18.1 Å². The van der Waals surface area contributed by atoms with Crippen molar-refractivity contribution in [1.82, 2.24) is 10.2 Å². The predicted octanol–water partition coefficient (Wildman–Crippen LogP) is 3.71. The maximum absolute atomic E-state index is 12.9. The first kappa shape index (κ1) is 18.5. The first-order valence-electron chi connectivity index (χ1n) is 8.06. The van der Waals surface area contributed by atoms with E-state index < -0.39 is 0 Å². The van der Waals surface area contributed by atoms with Crippen LogP contribution in [0, 0.1) is 5.82 Å². The highest BCUT2D eigenvalue weighted by Crippen LogP contribution is 2.21. The molecule has 4 nitrogen and oxygen atoms in total. The van der Waals surface area contributed by atoms with Gasteiger partial charge in [0.25, 0.3) is 0 Å². The second-order valence-electron chi connectivity index (χ2n) is 5.30. The topological polar surface area (TPSA) is 45.5 Å². The van der Waals surface area contributed by atoms with Gasteiger partial charge in [-0.25, -0.2) is 4.39 Å². The van der Waals surface area contributed by atoms with E-state index in [4.69, 9.17) is 4.42 Å². The summed E-state index contributed by atoms with van der Waals surface area (Å²) in [7, 11) is 0. The summed E-state index contributed by atoms with van der Waals surface area (Å²) in [6.45, 7) is 6.43. The minimum Gasteiger partial charge on any atom is -0.468 e. The van der Waals surface area contributed by atoms with Gasteiger partial charge < -0.3 is 9.73 Å². The number of halogens is 1. The molecule has 6 heteroatoms. The highest BCUT2D eigenvalue weighted by atomic mass is 32.2. The van der Waals surface area contributed by atoms with Crippen molar-refractivity contribution in [1.29, 1.82) is 0 Å². The number of nitrogens with one attached hydrogen (secondary N) is 1.